The van der Waals surface area contributed by atoms with Crippen molar-refractivity contribution in [3.63, 3.8) is 0 Å². The fourth-order valence-electron chi connectivity index (χ4n) is 4.14. The monoisotopic (exact) mass is 471 g/mol. The molecule has 0 unspecified atom stereocenters. The van der Waals surface area contributed by atoms with Gasteiger partial charge in [0.1, 0.15) is 12.4 Å². The fourth-order valence-corrected chi connectivity index (χ4v) is 4.14. The van der Waals surface area contributed by atoms with Crippen molar-refractivity contribution in [1.29, 1.82) is 0 Å². The van der Waals surface area contributed by atoms with E-state index in [1.807, 2.05) is 48.5 Å². The van der Waals surface area contributed by atoms with Gasteiger partial charge in [0, 0.05) is 5.92 Å². The van der Waals surface area contributed by atoms with Crippen molar-refractivity contribution in [2.75, 3.05) is 6.61 Å². The third-order valence-corrected chi connectivity index (χ3v) is 5.51. The number of carbonyl (C=O) groups excluding carboxylic acids is 1. The zero-order chi connectivity index (χ0) is 24.3. The first kappa shape index (κ1) is 23.2. The second kappa shape index (κ2) is 9.46. The summed E-state index contributed by atoms with van der Waals surface area (Å²) in [6.45, 7) is 0.0108. The molecule has 9 heteroatoms. The Morgan fingerprint density at radius 1 is 0.941 bits per heavy atom. The first-order valence-corrected chi connectivity index (χ1v) is 10.4. The number of fused-ring (bicyclic) bond motifs is 3. The Kier molecular flexibility index (Phi) is 6.45. The van der Waals surface area contributed by atoms with Gasteiger partial charge in [0.15, 0.2) is 0 Å². The minimum absolute atomic E-state index is 0.0108. The molecule has 4 rings (SSSR count). The van der Waals surface area contributed by atoms with Gasteiger partial charge in [0.2, 0.25) is 0 Å². The van der Waals surface area contributed by atoms with Crippen LogP contribution >= 0.6 is 0 Å². The average Bonchev–Trinajstić information content (AvgIpc) is 3.10. The Hall–Kier alpha value is -4.01. The standard InChI is InChI=1S/C25H20F3NO5/c26-25(27,28)34-16-7-5-6-15(12-16)22(13-23(30)31)29-24(32)33-14-21-19-10-3-1-8-17(19)18-9-2-4-11-20(18)21/h1-12,21-22H,13-14H2,(H,29,32)(H,30,31)/t22-/m1/s1. The van der Waals surface area contributed by atoms with Gasteiger partial charge in [-0.05, 0) is 39.9 Å². The number of nitrogens with one attached hydrogen (secondary N) is 1. The van der Waals surface area contributed by atoms with E-state index in [0.717, 1.165) is 34.4 Å². The summed E-state index contributed by atoms with van der Waals surface area (Å²) in [7, 11) is 0. The van der Waals surface area contributed by atoms with E-state index in [9.17, 15) is 27.9 Å². The van der Waals surface area contributed by atoms with Crippen molar-refractivity contribution in [3.05, 3.63) is 89.5 Å². The van der Waals surface area contributed by atoms with Gasteiger partial charge in [-0.1, -0.05) is 60.7 Å². The Bertz CT molecular complexity index is 1170. The molecule has 1 aliphatic rings. The van der Waals surface area contributed by atoms with Gasteiger partial charge in [-0.25, -0.2) is 4.79 Å². The molecule has 176 valence electrons. The van der Waals surface area contributed by atoms with Gasteiger partial charge < -0.3 is 19.9 Å². The van der Waals surface area contributed by atoms with Crippen molar-refractivity contribution in [1.82, 2.24) is 5.32 Å². The summed E-state index contributed by atoms with van der Waals surface area (Å²) >= 11 is 0. The van der Waals surface area contributed by atoms with Crippen LogP contribution in [0.5, 0.6) is 5.75 Å². The molecule has 0 fully saturated rings. The second-order valence-electron chi connectivity index (χ2n) is 7.74. The van der Waals surface area contributed by atoms with Crippen LogP contribution in [0.1, 0.15) is 35.1 Å². The summed E-state index contributed by atoms with van der Waals surface area (Å²) in [5.41, 5.74) is 4.26. The van der Waals surface area contributed by atoms with E-state index in [1.54, 1.807) is 0 Å². The molecule has 2 N–H and O–H groups in total. The summed E-state index contributed by atoms with van der Waals surface area (Å²) < 4.78 is 47.0. The van der Waals surface area contributed by atoms with Crippen molar-refractivity contribution in [2.45, 2.75) is 24.7 Å². The van der Waals surface area contributed by atoms with Crippen LogP contribution in [0.15, 0.2) is 72.8 Å². The van der Waals surface area contributed by atoms with Crippen LogP contribution in [0.25, 0.3) is 11.1 Å². The minimum atomic E-state index is -4.90. The van der Waals surface area contributed by atoms with Crippen molar-refractivity contribution >= 4 is 12.1 Å². The van der Waals surface area contributed by atoms with Gasteiger partial charge >= 0.3 is 18.4 Å². The summed E-state index contributed by atoms with van der Waals surface area (Å²) in [5.74, 6) is -1.96. The maximum absolute atomic E-state index is 12.6. The number of carbonyl (C=O) groups is 2. The Morgan fingerprint density at radius 2 is 1.56 bits per heavy atom. The van der Waals surface area contributed by atoms with E-state index in [0.29, 0.717) is 0 Å². The summed E-state index contributed by atoms with van der Waals surface area (Å²) in [6, 6.07) is 19.2. The van der Waals surface area contributed by atoms with E-state index in [1.165, 1.54) is 12.1 Å². The van der Waals surface area contributed by atoms with Crippen LogP contribution in [0, 0.1) is 0 Å². The molecule has 0 aromatic heterocycles. The SMILES string of the molecule is O=C(O)C[C@@H](NC(=O)OCC1c2ccccc2-c2ccccc21)c1cccc(OC(F)(F)F)c1. The first-order chi connectivity index (χ1) is 16.2. The highest BCUT2D eigenvalue weighted by atomic mass is 19.4. The van der Waals surface area contributed by atoms with Crippen molar-refractivity contribution in [3.8, 4) is 16.9 Å². The molecular formula is C25H20F3NO5. The number of amides is 1. The molecule has 0 aliphatic heterocycles. The van der Waals surface area contributed by atoms with Gasteiger partial charge in [-0.15, -0.1) is 13.2 Å². The lowest BCUT2D eigenvalue weighted by Gasteiger charge is -2.20. The number of hydrogen-bond donors (Lipinski definition) is 2. The third kappa shape index (κ3) is 5.31. The van der Waals surface area contributed by atoms with Crippen LogP contribution in [0.4, 0.5) is 18.0 Å². The minimum Gasteiger partial charge on any atom is -0.481 e. The topological polar surface area (TPSA) is 84.9 Å². The van der Waals surface area contributed by atoms with Crippen molar-refractivity contribution < 1.29 is 37.3 Å². The number of halogens is 3. The third-order valence-electron chi connectivity index (χ3n) is 5.51. The van der Waals surface area contributed by atoms with Crippen LogP contribution in [-0.4, -0.2) is 30.1 Å². The molecule has 1 amide bonds. The van der Waals surface area contributed by atoms with E-state index >= 15 is 0 Å². The van der Waals surface area contributed by atoms with E-state index in [-0.39, 0.29) is 18.1 Å². The van der Waals surface area contributed by atoms with Gasteiger partial charge in [-0.2, -0.15) is 0 Å². The average molecular weight is 471 g/mol. The number of carboxylic acid groups (broad SMARTS) is 1. The number of rotatable bonds is 7. The molecule has 0 bridgehead atoms. The zero-order valence-corrected chi connectivity index (χ0v) is 17.7. The quantitative estimate of drug-likeness (QED) is 0.466. The summed E-state index contributed by atoms with van der Waals surface area (Å²) in [4.78, 5) is 23.9. The number of aliphatic carboxylic acids is 1. The largest absolute Gasteiger partial charge is 0.573 e. The maximum Gasteiger partial charge on any atom is 0.573 e. The van der Waals surface area contributed by atoms with E-state index in [4.69, 9.17) is 4.74 Å². The van der Waals surface area contributed by atoms with Gasteiger partial charge in [-0.3, -0.25) is 4.79 Å². The lowest BCUT2D eigenvalue weighted by molar-refractivity contribution is -0.274. The van der Waals surface area contributed by atoms with Gasteiger partial charge in [0.25, 0.3) is 0 Å². The highest BCUT2D eigenvalue weighted by Crippen LogP contribution is 2.44. The molecule has 0 spiro atoms. The molecular weight excluding hydrogens is 451 g/mol. The lowest BCUT2D eigenvalue weighted by atomic mass is 9.98. The first-order valence-electron chi connectivity index (χ1n) is 10.4. The number of carboxylic acids is 1. The molecule has 0 saturated heterocycles. The number of alkyl halides is 3. The number of alkyl carbamates (subject to hydrolysis) is 1. The molecule has 6 nitrogen and oxygen atoms in total. The molecule has 3 aromatic carbocycles. The normalized spacial score (nSPS) is 13.5. The number of hydrogen-bond acceptors (Lipinski definition) is 4. The van der Waals surface area contributed by atoms with E-state index < -0.39 is 36.6 Å². The summed E-state index contributed by atoms with van der Waals surface area (Å²) in [6.07, 6.45) is -6.34. The second-order valence-corrected chi connectivity index (χ2v) is 7.74. The molecule has 0 radical (unpaired) electrons. The predicted octanol–water partition coefficient (Wildman–Crippen LogP) is 5.64. The molecule has 0 saturated carbocycles. The fraction of sp³-hybridized carbons (Fsp3) is 0.200. The Morgan fingerprint density at radius 3 is 2.15 bits per heavy atom. The van der Waals surface area contributed by atoms with Crippen LogP contribution in [0.3, 0.4) is 0 Å². The van der Waals surface area contributed by atoms with Crippen LogP contribution < -0.4 is 10.1 Å². The highest BCUT2D eigenvalue weighted by molar-refractivity contribution is 5.79. The summed E-state index contributed by atoms with van der Waals surface area (Å²) in [5, 5.41) is 11.7. The molecule has 1 atom stereocenters. The molecule has 3 aromatic rings. The smallest absolute Gasteiger partial charge is 0.481 e. The zero-order valence-electron chi connectivity index (χ0n) is 17.7. The lowest BCUT2D eigenvalue weighted by Crippen LogP contribution is -2.31. The van der Waals surface area contributed by atoms with Crippen LogP contribution in [0.2, 0.25) is 0 Å². The van der Waals surface area contributed by atoms with Crippen molar-refractivity contribution in [2.24, 2.45) is 0 Å². The molecule has 0 heterocycles. The Labute approximate surface area is 192 Å². The van der Waals surface area contributed by atoms with Crippen LogP contribution in [-0.2, 0) is 9.53 Å². The highest BCUT2D eigenvalue weighted by Gasteiger charge is 2.32. The maximum atomic E-state index is 12.6. The molecule has 1 aliphatic carbocycles. The van der Waals surface area contributed by atoms with E-state index in [2.05, 4.69) is 10.1 Å². The Balaban J connectivity index is 1.48. The predicted molar refractivity (Wildman–Crippen MR) is 116 cm³/mol. The number of ether oxygens (including phenoxy) is 2. The van der Waals surface area contributed by atoms with Gasteiger partial charge in [0.05, 0.1) is 12.5 Å². The molecule has 34 heavy (non-hydrogen) atoms. The number of benzene rings is 3.